The van der Waals surface area contributed by atoms with Crippen molar-refractivity contribution in [2.24, 2.45) is 0 Å². The second-order valence-corrected chi connectivity index (χ2v) is 6.78. The Labute approximate surface area is 164 Å². The molecule has 3 amide bonds. The van der Waals surface area contributed by atoms with E-state index in [-0.39, 0.29) is 12.3 Å². The third-order valence-corrected chi connectivity index (χ3v) is 4.49. The van der Waals surface area contributed by atoms with Crippen LogP contribution in [0.1, 0.15) is 23.7 Å². The fourth-order valence-corrected chi connectivity index (χ4v) is 3.13. The fraction of sp³-hybridized carbons (Fsp3) is 0.211. The molecule has 3 rings (SSSR count). The number of nitrogens with zero attached hydrogens (tertiary/aromatic N) is 1. The van der Waals surface area contributed by atoms with Crippen molar-refractivity contribution in [3.63, 3.8) is 0 Å². The smallest absolute Gasteiger partial charge is 0.265 e. The Bertz CT molecular complexity index is 870. The SMILES string of the molecule is CCOc1ccc(N2C(=O)CC(NNC(=O)c3cccc(Br)c3)C2=O)cc1. The summed E-state index contributed by atoms with van der Waals surface area (Å²) in [5.74, 6) is -0.482. The summed E-state index contributed by atoms with van der Waals surface area (Å²) in [5, 5.41) is 0. The Balaban J connectivity index is 1.64. The molecule has 1 fully saturated rings. The van der Waals surface area contributed by atoms with Gasteiger partial charge in [-0.05, 0) is 49.4 Å². The van der Waals surface area contributed by atoms with Crippen LogP contribution in [0.3, 0.4) is 0 Å². The van der Waals surface area contributed by atoms with Crippen molar-refractivity contribution >= 4 is 39.3 Å². The molecule has 8 heteroatoms. The van der Waals surface area contributed by atoms with Gasteiger partial charge in [0.25, 0.3) is 11.8 Å². The highest BCUT2D eigenvalue weighted by molar-refractivity contribution is 9.10. The van der Waals surface area contributed by atoms with E-state index in [2.05, 4.69) is 26.8 Å². The van der Waals surface area contributed by atoms with Gasteiger partial charge >= 0.3 is 0 Å². The van der Waals surface area contributed by atoms with Gasteiger partial charge in [0, 0.05) is 10.0 Å². The molecule has 0 saturated carbocycles. The lowest BCUT2D eigenvalue weighted by molar-refractivity contribution is -0.121. The molecule has 1 heterocycles. The van der Waals surface area contributed by atoms with E-state index in [4.69, 9.17) is 4.74 Å². The molecular formula is C19H18BrN3O4. The van der Waals surface area contributed by atoms with Crippen LogP contribution in [-0.2, 0) is 9.59 Å². The predicted molar refractivity (Wildman–Crippen MR) is 103 cm³/mol. The number of nitrogens with one attached hydrogen (secondary N) is 2. The summed E-state index contributed by atoms with van der Waals surface area (Å²) in [6.45, 7) is 2.41. The van der Waals surface area contributed by atoms with E-state index in [0.29, 0.717) is 23.6 Å². The normalized spacial score (nSPS) is 16.5. The van der Waals surface area contributed by atoms with E-state index in [1.165, 1.54) is 0 Å². The molecule has 2 aromatic carbocycles. The predicted octanol–water partition coefficient (Wildman–Crippen LogP) is 2.41. The lowest BCUT2D eigenvalue weighted by atomic mass is 10.2. The number of ether oxygens (including phenoxy) is 1. The summed E-state index contributed by atoms with van der Waals surface area (Å²) in [4.78, 5) is 38.1. The highest BCUT2D eigenvalue weighted by Crippen LogP contribution is 2.25. The maximum Gasteiger partial charge on any atom is 0.265 e. The number of hydrazine groups is 1. The first-order valence-corrected chi connectivity index (χ1v) is 9.20. The number of amides is 3. The Morgan fingerprint density at radius 2 is 1.96 bits per heavy atom. The molecule has 1 atom stereocenters. The molecule has 140 valence electrons. The summed E-state index contributed by atoms with van der Waals surface area (Å²) in [6, 6.07) is 12.7. The van der Waals surface area contributed by atoms with Crippen LogP contribution in [-0.4, -0.2) is 30.4 Å². The molecule has 2 N–H and O–H groups in total. The van der Waals surface area contributed by atoms with Gasteiger partial charge in [-0.3, -0.25) is 19.8 Å². The van der Waals surface area contributed by atoms with Gasteiger partial charge in [0.05, 0.1) is 18.7 Å². The molecule has 0 aromatic heterocycles. The first-order chi connectivity index (χ1) is 13.0. The van der Waals surface area contributed by atoms with E-state index < -0.39 is 17.9 Å². The van der Waals surface area contributed by atoms with Gasteiger partial charge in [0.15, 0.2) is 0 Å². The molecule has 0 radical (unpaired) electrons. The molecule has 7 nitrogen and oxygen atoms in total. The van der Waals surface area contributed by atoms with Crippen molar-refractivity contribution < 1.29 is 19.1 Å². The zero-order valence-corrected chi connectivity index (χ0v) is 16.2. The number of halogens is 1. The van der Waals surface area contributed by atoms with Gasteiger partial charge in [0.2, 0.25) is 5.91 Å². The van der Waals surface area contributed by atoms with Crippen LogP contribution in [0.5, 0.6) is 5.75 Å². The second kappa shape index (κ2) is 8.32. The van der Waals surface area contributed by atoms with E-state index in [9.17, 15) is 14.4 Å². The fourth-order valence-electron chi connectivity index (χ4n) is 2.73. The highest BCUT2D eigenvalue weighted by Gasteiger charge is 2.39. The summed E-state index contributed by atoms with van der Waals surface area (Å²) in [5.41, 5.74) is 6.04. The average molecular weight is 432 g/mol. The molecule has 2 aromatic rings. The molecule has 27 heavy (non-hydrogen) atoms. The van der Waals surface area contributed by atoms with Gasteiger partial charge in [0.1, 0.15) is 11.8 Å². The minimum absolute atomic E-state index is 0.0369. The number of rotatable bonds is 6. The van der Waals surface area contributed by atoms with Crippen LogP contribution in [0.25, 0.3) is 0 Å². The number of carbonyl (C=O) groups excluding carboxylic acids is 3. The summed E-state index contributed by atoms with van der Waals surface area (Å²) >= 11 is 3.30. The molecule has 1 unspecified atom stereocenters. The number of hydrogen-bond donors (Lipinski definition) is 2. The lowest BCUT2D eigenvalue weighted by Crippen LogP contribution is -2.48. The summed E-state index contributed by atoms with van der Waals surface area (Å²) in [7, 11) is 0. The standard InChI is InChI=1S/C19H18BrN3O4/c1-2-27-15-8-6-14(7-9-15)23-17(24)11-16(19(23)26)21-22-18(25)12-4-3-5-13(20)10-12/h3-10,16,21H,2,11H2,1H3,(H,22,25). The third kappa shape index (κ3) is 4.35. The molecule has 1 aliphatic rings. The monoisotopic (exact) mass is 431 g/mol. The van der Waals surface area contributed by atoms with Gasteiger partial charge in [-0.15, -0.1) is 0 Å². The molecule has 1 aliphatic heterocycles. The molecule has 1 saturated heterocycles. The summed E-state index contributed by atoms with van der Waals surface area (Å²) in [6.07, 6.45) is -0.0369. The Morgan fingerprint density at radius 3 is 2.63 bits per heavy atom. The number of benzene rings is 2. The van der Waals surface area contributed by atoms with Crippen molar-refractivity contribution in [3.8, 4) is 5.75 Å². The zero-order valence-electron chi connectivity index (χ0n) is 14.6. The highest BCUT2D eigenvalue weighted by atomic mass is 79.9. The van der Waals surface area contributed by atoms with E-state index >= 15 is 0 Å². The maximum atomic E-state index is 12.6. The van der Waals surface area contributed by atoms with E-state index in [0.717, 1.165) is 9.37 Å². The molecule has 0 spiro atoms. The second-order valence-electron chi connectivity index (χ2n) is 5.86. The van der Waals surface area contributed by atoms with E-state index in [1.807, 2.05) is 6.92 Å². The van der Waals surface area contributed by atoms with Crippen LogP contribution in [0.4, 0.5) is 5.69 Å². The first-order valence-electron chi connectivity index (χ1n) is 8.40. The van der Waals surface area contributed by atoms with E-state index in [1.54, 1.807) is 48.5 Å². The van der Waals surface area contributed by atoms with Crippen LogP contribution in [0, 0.1) is 0 Å². The van der Waals surface area contributed by atoms with Crippen molar-refractivity contribution in [2.45, 2.75) is 19.4 Å². The minimum atomic E-state index is -0.819. The number of carbonyl (C=O) groups is 3. The number of hydrogen-bond acceptors (Lipinski definition) is 5. The van der Waals surface area contributed by atoms with Gasteiger partial charge in [-0.2, -0.15) is 0 Å². The maximum absolute atomic E-state index is 12.6. The Hall–Kier alpha value is -2.71. The quantitative estimate of drug-likeness (QED) is 0.541. The van der Waals surface area contributed by atoms with Gasteiger partial charge in [-0.1, -0.05) is 22.0 Å². The largest absolute Gasteiger partial charge is 0.494 e. The molecule has 0 aliphatic carbocycles. The van der Waals surface area contributed by atoms with Gasteiger partial charge < -0.3 is 4.74 Å². The Kier molecular flexibility index (Phi) is 5.88. The van der Waals surface area contributed by atoms with Gasteiger partial charge in [-0.25, -0.2) is 10.3 Å². The lowest BCUT2D eigenvalue weighted by Gasteiger charge is -2.16. The van der Waals surface area contributed by atoms with Crippen molar-refractivity contribution in [1.29, 1.82) is 0 Å². The topological polar surface area (TPSA) is 87.7 Å². The molecular weight excluding hydrogens is 414 g/mol. The van der Waals surface area contributed by atoms with Crippen molar-refractivity contribution in [1.82, 2.24) is 10.9 Å². The summed E-state index contributed by atoms with van der Waals surface area (Å²) < 4.78 is 6.13. The Morgan fingerprint density at radius 1 is 1.22 bits per heavy atom. The van der Waals surface area contributed by atoms with Crippen LogP contribution < -0.4 is 20.5 Å². The first kappa shape index (κ1) is 19.1. The zero-order chi connectivity index (χ0) is 19.4. The van der Waals surface area contributed by atoms with Crippen LogP contribution >= 0.6 is 15.9 Å². The van der Waals surface area contributed by atoms with Crippen molar-refractivity contribution in [3.05, 3.63) is 58.6 Å². The number of anilines is 1. The minimum Gasteiger partial charge on any atom is -0.494 e. The average Bonchev–Trinajstić information content (AvgIpc) is 2.94. The van der Waals surface area contributed by atoms with Crippen LogP contribution in [0.15, 0.2) is 53.0 Å². The molecule has 0 bridgehead atoms. The third-order valence-electron chi connectivity index (χ3n) is 4.00. The van der Waals surface area contributed by atoms with Crippen LogP contribution in [0.2, 0.25) is 0 Å². The van der Waals surface area contributed by atoms with Crippen molar-refractivity contribution in [2.75, 3.05) is 11.5 Å². The number of imide groups is 1.